The van der Waals surface area contributed by atoms with Crippen molar-refractivity contribution in [2.24, 2.45) is 0 Å². The molecule has 0 bridgehead atoms. The van der Waals surface area contributed by atoms with Crippen molar-refractivity contribution in [2.75, 3.05) is 13.1 Å². The van der Waals surface area contributed by atoms with Crippen molar-refractivity contribution in [1.29, 1.82) is 0 Å². The molecule has 0 radical (unpaired) electrons. The second-order valence-electron chi connectivity index (χ2n) is 9.79. The van der Waals surface area contributed by atoms with E-state index in [0.717, 1.165) is 55.7 Å². The molecule has 1 amide bonds. The van der Waals surface area contributed by atoms with Gasteiger partial charge in [0.2, 0.25) is 5.76 Å². The van der Waals surface area contributed by atoms with Crippen LogP contribution in [0.5, 0.6) is 0 Å². The van der Waals surface area contributed by atoms with Crippen LogP contribution in [0.25, 0.3) is 0 Å². The summed E-state index contributed by atoms with van der Waals surface area (Å²) in [7, 11) is 0. The summed E-state index contributed by atoms with van der Waals surface area (Å²) in [5.41, 5.74) is 4.48. The minimum atomic E-state index is -0.981. The fraction of sp³-hybridized carbons (Fsp3) is 0.276. The van der Waals surface area contributed by atoms with Gasteiger partial charge in [0.25, 0.3) is 5.91 Å². The average molecular weight is 517 g/mol. The number of rotatable bonds is 6. The largest absolute Gasteiger partial charge is 0.365 e. The summed E-state index contributed by atoms with van der Waals surface area (Å²) in [6.45, 7) is 3.23. The van der Waals surface area contributed by atoms with Crippen LogP contribution in [0.4, 0.5) is 8.78 Å². The molecule has 38 heavy (non-hydrogen) atoms. The number of nitrogens with one attached hydrogen (secondary N) is 1. The first-order valence-corrected chi connectivity index (χ1v) is 12.6. The maximum atomic E-state index is 14.0. The molecule has 1 N–H and O–H groups in total. The molecular weight excluding hydrogens is 490 g/mol. The Balaban J connectivity index is 1.16. The highest BCUT2D eigenvalue weighted by atomic mass is 19.2. The third-order valence-corrected chi connectivity index (χ3v) is 7.50. The first-order valence-electron chi connectivity index (χ1n) is 12.6. The lowest BCUT2D eigenvalue weighted by molar-refractivity contribution is -0.0800. The number of nitrogens with zero attached hydrogens (tertiary/aromatic N) is 3. The quantitative estimate of drug-likeness (QED) is 0.393. The second kappa shape index (κ2) is 10.1. The topological polar surface area (TPSA) is 80.5 Å². The number of aromatic nitrogens is 2. The molecule has 2 aliphatic heterocycles. The van der Waals surface area contributed by atoms with Crippen LogP contribution in [0.3, 0.4) is 0 Å². The zero-order chi connectivity index (χ0) is 26.1. The molecule has 2 aromatic heterocycles. The number of halogens is 2. The Hall–Kier alpha value is -3.95. The zero-order valence-corrected chi connectivity index (χ0v) is 20.6. The average Bonchev–Trinajstić information content (AvgIpc) is 3.61. The van der Waals surface area contributed by atoms with Crippen LogP contribution in [0.1, 0.15) is 57.3 Å². The number of hydrogen-bond donors (Lipinski definition) is 1. The zero-order valence-electron chi connectivity index (χ0n) is 20.6. The lowest BCUT2D eigenvalue weighted by Gasteiger charge is -2.39. The molecule has 2 aliphatic rings. The van der Waals surface area contributed by atoms with Gasteiger partial charge >= 0.3 is 0 Å². The Kier molecular flexibility index (Phi) is 6.47. The summed E-state index contributed by atoms with van der Waals surface area (Å²) in [6.07, 6.45) is 6.95. The smallest absolute Gasteiger partial charge is 0.290 e. The van der Waals surface area contributed by atoms with E-state index in [-0.39, 0.29) is 11.4 Å². The van der Waals surface area contributed by atoms with Gasteiger partial charge in [-0.05, 0) is 53.3 Å². The summed E-state index contributed by atoms with van der Waals surface area (Å²) in [5, 5.41) is 6.41. The van der Waals surface area contributed by atoms with Crippen LogP contribution >= 0.6 is 0 Å². The number of carbonyl (C=O) groups is 1. The number of fused-ring (bicyclic) bond motifs is 2. The van der Waals surface area contributed by atoms with Gasteiger partial charge in [0.05, 0.1) is 24.4 Å². The van der Waals surface area contributed by atoms with E-state index in [0.29, 0.717) is 12.2 Å². The molecule has 9 heteroatoms. The van der Waals surface area contributed by atoms with Crippen LogP contribution < -0.4 is 5.32 Å². The monoisotopic (exact) mass is 516 g/mol. The predicted molar refractivity (Wildman–Crippen MR) is 134 cm³/mol. The van der Waals surface area contributed by atoms with Gasteiger partial charge in [-0.3, -0.25) is 14.7 Å². The maximum absolute atomic E-state index is 14.0. The number of ether oxygens (including phenoxy) is 1. The molecule has 1 fully saturated rings. The van der Waals surface area contributed by atoms with E-state index in [1.807, 2.05) is 42.7 Å². The number of piperidine rings is 1. The molecule has 1 atom stereocenters. The van der Waals surface area contributed by atoms with E-state index in [1.165, 1.54) is 29.5 Å². The Morgan fingerprint density at radius 2 is 1.79 bits per heavy atom. The number of carbonyl (C=O) groups excluding carboxylic acids is 1. The van der Waals surface area contributed by atoms with E-state index in [4.69, 9.17) is 9.26 Å². The van der Waals surface area contributed by atoms with Crippen molar-refractivity contribution in [3.63, 3.8) is 0 Å². The van der Waals surface area contributed by atoms with Crippen molar-refractivity contribution < 1.29 is 22.8 Å². The van der Waals surface area contributed by atoms with Crippen LogP contribution in [0.2, 0.25) is 0 Å². The van der Waals surface area contributed by atoms with Crippen molar-refractivity contribution in [3.05, 3.63) is 118 Å². The van der Waals surface area contributed by atoms with Crippen molar-refractivity contribution in [2.45, 2.75) is 37.6 Å². The molecule has 4 aromatic rings. The van der Waals surface area contributed by atoms with Crippen LogP contribution in [0.15, 0.2) is 77.7 Å². The summed E-state index contributed by atoms with van der Waals surface area (Å²) in [4.78, 5) is 19.4. The summed E-state index contributed by atoms with van der Waals surface area (Å²) >= 11 is 0. The van der Waals surface area contributed by atoms with Gasteiger partial charge in [0.15, 0.2) is 11.6 Å². The molecule has 2 aromatic carbocycles. The molecule has 0 saturated carbocycles. The molecule has 1 saturated heterocycles. The minimum absolute atomic E-state index is 0.0294. The minimum Gasteiger partial charge on any atom is -0.365 e. The van der Waals surface area contributed by atoms with Gasteiger partial charge in [-0.1, -0.05) is 35.5 Å². The SMILES string of the molecule is O=C(NC(c1ccc(CN2CCC3(CC2)OCc2ccncc23)cc1)c1ccc(F)c(F)c1)c1ccno1. The Labute approximate surface area is 218 Å². The highest BCUT2D eigenvalue weighted by Crippen LogP contribution is 2.43. The van der Waals surface area contributed by atoms with Gasteiger partial charge in [-0.25, -0.2) is 8.78 Å². The Morgan fingerprint density at radius 1 is 1.00 bits per heavy atom. The van der Waals surface area contributed by atoms with E-state index >= 15 is 0 Å². The molecule has 1 unspecified atom stereocenters. The standard InChI is InChI=1S/C29H26F2N4O3/c30-24-6-5-21(15-25(24)31)27(34-28(36)26-8-12-33-38-26)20-3-1-19(2-4-20)17-35-13-9-29(10-14-35)23-16-32-11-7-22(23)18-37-29/h1-8,11-12,15-16,27H,9-10,13-14,17-18H2,(H,34,36). The molecular formula is C29H26F2N4O3. The lowest BCUT2D eigenvalue weighted by atomic mass is 9.84. The van der Waals surface area contributed by atoms with E-state index < -0.39 is 23.6 Å². The van der Waals surface area contributed by atoms with Crippen LogP contribution in [-0.2, 0) is 23.5 Å². The molecule has 0 aliphatic carbocycles. The normalized spacial score (nSPS) is 17.3. The van der Waals surface area contributed by atoms with Gasteiger partial charge < -0.3 is 14.6 Å². The second-order valence-corrected chi connectivity index (χ2v) is 9.79. The summed E-state index contributed by atoms with van der Waals surface area (Å²) < 4.78 is 38.8. The summed E-state index contributed by atoms with van der Waals surface area (Å²) in [5.74, 6) is -2.41. The number of likely N-dealkylation sites (tertiary alicyclic amines) is 1. The van der Waals surface area contributed by atoms with Gasteiger partial charge in [-0.15, -0.1) is 0 Å². The molecule has 6 rings (SSSR count). The number of benzene rings is 2. The lowest BCUT2D eigenvalue weighted by Crippen LogP contribution is -2.42. The van der Waals surface area contributed by atoms with E-state index in [1.54, 1.807) is 0 Å². The van der Waals surface area contributed by atoms with Gasteiger partial charge in [-0.2, -0.15) is 0 Å². The van der Waals surface area contributed by atoms with Crippen LogP contribution in [0, 0.1) is 11.6 Å². The highest BCUT2D eigenvalue weighted by Gasteiger charge is 2.42. The van der Waals surface area contributed by atoms with Crippen molar-refractivity contribution in [3.8, 4) is 0 Å². The van der Waals surface area contributed by atoms with Crippen molar-refractivity contribution in [1.82, 2.24) is 20.4 Å². The molecule has 1 spiro atoms. The highest BCUT2D eigenvalue weighted by molar-refractivity contribution is 5.91. The van der Waals surface area contributed by atoms with Crippen LogP contribution in [-0.4, -0.2) is 34.0 Å². The van der Waals surface area contributed by atoms with E-state index in [9.17, 15) is 13.6 Å². The predicted octanol–water partition coefficient (Wildman–Crippen LogP) is 4.89. The number of amides is 1. The van der Waals surface area contributed by atoms with E-state index in [2.05, 4.69) is 20.4 Å². The van der Waals surface area contributed by atoms with Crippen molar-refractivity contribution >= 4 is 5.91 Å². The van der Waals surface area contributed by atoms with Gasteiger partial charge in [0, 0.05) is 43.7 Å². The third-order valence-electron chi connectivity index (χ3n) is 7.50. The number of hydrogen-bond acceptors (Lipinski definition) is 6. The first kappa shape index (κ1) is 24.4. The number of pyridine rings is 1. The Morgan fingerprint density at radius 3 is 2.53 bits per heavy atom. The fourth-order valence-electron chi connectivity index (χ4n) is 5.40. The third kappa shape index (κ3) is 4.70. The molecule has 7 nitrogen and oxygen atoms in total. The fourth-order valence-corrected chi connectivity index (χ4v) is 5.40. The summed E-state index contributed by atoms with van der Waals surface area (Å²) in [6, 6.07) is 14.2. The van der Waals surface area contributed by atoms with Gasteiger partial charge in [0.1, 0.15) is 0 Å². The maximum Gasteiger partial charge on any atom is 0.290 e. The first-order chi connectivity index (χ1) is 18.5. The Bertz CT molecular complexity index is 1430. The molecule has 4 heterocycles. The molecule has 194 valence electrons.